The average Bonchev–Trinajstić information content (AvgIpc) is 2.64. The Balaban J connectivity index is 2.13. The van der Waals surface area contributed by atoms with Gasteiger partial charge in [-0.25, -0.2) is 8.78 Å². The molecule has 0 aromatic carbocycles. The summed E-state index contributed by atoms with van der Waals surface area (Å²) in [5.74, 6) is -0.167. The van der Waals surface area contributed by atoms with E-state index in [1.807, 2.05) is 0 Å². The topological polar surface area (TPSA) is 59.8 Å². The van der Waals surface area contributed by atoms with E-state index in [0.717, 1.165) is 0 Å². The van der Waals surface area contributed by atoms with Crippen molar-refractivity contribution >= 4 is 5.78 Å². The summed E-state index contributed by atoms with van der Waals surface area (Å²) in [6.07, 6.45) is -0.835. The molecule has 1 aliphatic heterocycles. The zero-order valence-corrected chi connectivity index (χ0v) is 8.73. The van der Waals surface area contributed by atoms with Crippen LogP contribution in [0.5, 0.6) is 0 Å². The summed E-state index contributed by atoms with van der Waals surface area (Å²) in [6, 6.07) is -1.53. The monoisotopic (exact) mass is 230 g/mol. The Bertz CT molecular complexity index is 393. The molecule has 16 heavy (non-hydrogen) atoms. The van der Waals surface area contributed by atoms with Gasteiger partial charge in [-0.05, 0) is 0 Å². The smallest absolute Gasteiger partial charge is 0.254 e. The van der Waals surface area contributed by atoms with E-state index in [4.69, 9.17) is 0 Å². The van der Waals surface area contributed by atoms with Gasteiger partial charge in [0, 0.05) is 26.1 Å². The SMILES string of the molecule is Cn1cc(C2CC(=O)CC(C(F)F)N2)nn1. The second-order valence-corrected chi connectivity index (χ2v) is 3.92. The standard InChI is InChI=1S/C9H12F2N4O/c1-15-4-8(13-14-15)6-2-5(16)3-7(12-6)9(10)11/h4,6-7,9,12H,2-3H2,1H3. The van der Waals surface area contributed by atoms with Crippen LogP contribution in [0.4, 0.5) is 8.78 Å². The number of carbonyl (C=O) groups excluding carboxylic acids is 1. The number of aryl methyl sites for hydroxylation is 1. The van der Waals surface area contributed by atoms with Crippen molar-refractivity contribution in [1.29, 1.82) is 0 Å². The van der Waals surface area contributed by atoms with Crippen LogP contribution >= 0.6 is 0 Å². The fraction of sp³-hybridized carbons (Fsp3) is 0.667. The first-order valence-corrected chi connectivity index (χ1v) is 4.98. The van der Waals surface area contributed by atoms with Crippen LogP contribution in [0, 0.1) is 0 Å². The molecule has 1 aliphatic rings. The Morgan fingerprint density at radius 2 is 2.31 bits per heavy atom. The number of rotatable bonds is 2. The van der Waals surface area contributed by atoms with Gasteiger partial charge in [-0.2, -0.15) is 0 Å². The first-order valence-electron chi connectivity index (χ1n) is 4.98. The minimum Gasteiger partial charge on any atom is -0.300 e. The van der Waals surface area contributed by atoms with Crippen LogP contribution in [-0.4, -0.2) is 33.2 Å². The highest BCUT2D eigenvalue weighted by Crippen LogP contribution is 2.24. The largest absolute Gasteiger partial charge is 0.300 e. The van der Waals surface area contributed by atoms with Crippen LogP contribution in [0.3, 0.4) is 0 Å². The predicted molar refractivity (Wildman–Crippen MR) is 50.9 cm³/mol. The van der Waals surface area contributed by atoms with E-state index in [-0.39, 0.29) is 18.6 Å². The van der Waals surface area contributed by atoms with E-state index in [1.54, 1.807) is 13.2 Å². The Kier molecular flexibility index (Phi) is 2.95. The van der Waals surface area contributed by atoms with Crippen molar-refractivity contribution in [2.24, 2.45) is 7.05 Å². The quantitative estimate of drug-likeness (QED) is 0.801. The van der Waals surface area contributed by atoms with Crippen molar-refractivity contribution in [3.8, 4) is 0 Å². The summed E-state index contributed by atoms with van der Waals surface area (Å²) in [7, 11) is 1.69. The second-order valence-electron chi connectivity index (χ2n) is 3.92. The van der Waals surface area contributed by atoms with Gasteiger partial charge in [0.2, 0.25) is 0 Å². The van der Waals surface area contributed by atoms with E-state index in [0.29, 0.717) is 5.69 Å². The highest BCUT2D eigenvalue weighted by atomic mass is 19.3. The number of hydrogen-bond donors (Lipinski definition) is 1. The third-order valence-electron chi connectivity index (χ3n) is 2.58. The van der Waals surface area contributed by atoms with Gasteiger partial charge >= 0.3 is 0 Å². The van der Waals surface area contributed by atoms with Crippen LogP contribution in [-0.2, 0) is 11.8 Å². The summed E-state index contributed by atoms with van der Waals surface area (Å²) < 4.78 is 26.5. The normalized spacial score (nSPS) is 26.4. The third-order valence-corrected chi connectivity index (χ3v) is 2.58. The lowest BCUT2D eigenvalue weighted by Gasteiger charge is -2.28. The molecule has 1 saturated heterocycles. The van der Waals surface area contributed by atoms with E-state index < -0.39 is 18.5 Å². The molecule has 0 saturated carbocycles. The van der Waals surface area contributed by atoms with Crippen LogP contribution < -0.4 is 5.32 Å². The van der Waals surface area contributed by atoms with E-state index in [9.17, 15) is 13.6 Å². The fourth-order valence-corrected chi connectivity index (χ4v) is 1.81. The maximum Gasteiger partial charge on any atom is 0.254 e. The highest BCUT2D eigenvalue weighted by Gasteiger charge is 2.33. The number of piperidine rings is 1. The summed E-state index contributed by atoms with van der Waals surface area (Å²) in [5, 5.41) is 10.3. The minimum absolute atomic E-state index is 0.117. The second kappa shape index (κ2) is 4.25. The minimum atomic E-state index is -2.54. The molecule has 1 fully saturated rings. The number of hydrogen-bond acceptors (Lipinski definition) is 4. The molecule has 0 bridgehead atoms. The molecular formula is C9H12F2N4O. The number of aromatic nitrogens is 3. The predicted octanol–water partition coefficient (Wildman–Crippen LogP) is 0.442. The number of carbonyl (C=O) groups is 1. The number of nitrogens with zero attached hydrogens (tertiary/aromatic N) is 3. The molecule has 1 aromatic rings. The molecular weight excluding hydrogens is 218 g/mol. The molecule has 2 atom stereocenters. The van der Waals surface area contributed by atoms with Gasteiger partial charge < -0.3 is 0 Å². The lowest BCUT2D eigenvalue weighted by Crippen LogP contribution is -2.45. The van der Waals surface area contributed by atoms with Crippen molar-refractivity contribution in [3.05, 3.63) is 11.9 Å². The molecule has 1 N–H and O–H groups in total. The molecule has 5 nitrogen and oxygen atoms in total. The molecule has 0 spiro atoms. The van der Waals surface area contributed by atoms with Gasteiger partial charge in [-0.1, -0.05) is 5.21 Å². The van der Waals surface area contributed by atoms with Gasteiger partial charge in [-0.3, -0.25) is 14.8 Å². The summed E-state index contributed by atoms with van der Waals surface area (Å²) >= 11 is 0. The van der Waals surface area contributed by atoms with Crippen molar-refractivity contribution < 1.29 is 13.6 Å². The zero-order valence-electron chi connectivity index (χ0n) is 8.73. The maximum atomic E-state index is 12.5. The Morgan fingerprint density at radius 1 is 1.56 bits per heavy atom. The summed E-state index contributed by atoms with van der Waals surface area (Å²) in [6.45, 7) is 0. The Labute approximate surface area is 90.8 Å². The third kappa shape index (κ3) is 2.24. The van der Waals surface area contributed by atoms with E-state index in [2.05, 4.69) is 15.6 Å². The van der Waals surface area contributed by atoms with Gasteiger partial charge in [0.1, 0.15) is 11.5 Å². The molecule has 88 valence electrons. The fourth-order valence-electron chi connectivity index (χ4n) is 1.81. The molecule has 2 unspecified atom stereocenters. The van der Waals surface area contributed by atoms with Gasteiger partial charge in [0.15, 0.2) is 0 Å². The van der Waals surface area contributed by atoms with Crippen molar-refractivity contribution in [1.82, 2.24) is 20.3 Å². The molecule has 7 heteroatoms. The molecule has 2 heterocycles. The van der Waals surface area contributed by atoms with Gasteiger partial charge in [0.05, 0.1) is 12.1 Å². The van der Waals surface area contributed by atoms with E-state index >= 15 is 0 Å². The number of alkyl halides is 2. The molecule has 0 aliphatic carbocycles. The number of nitrogens with one attached hydrogen (secondary N) is 1. The lowest BCUT2D eigenvalue weighted by atomic mass is 9.96. The van der Waals surface area contributed by atoms with Crippen molar-refractivity contribution in [2.75, 3.05) is 0 Å². The molecule has 2 rings (SSSR count). The number of ketones is 1. The van der Waals surface area contributed by atoms with Crippen LogP contribution in [0.2, 0.25) is 0 Å². The Morgan fingerprint density at radius 3 is 2.88 bits per heavy atom. The Hall–Kier alpha value is -1.37. The zero-order chi connectivity index (χ0) is 11.7. The highest BCUT2D eigenvalue weighted by molar-refractivity contribution is 5.80. The average molecular weight is 230 g/mol. The molecule has 0 radical (unpaired) electrons. The van der Waals surface area contributed by atoms with Crippen LogP contribution in [0.15, 0.2) is 6.20 Å². The van der Waals surface area contributed by atoms with Gasteiger partial charge in [-0.15, -0.1) is 5.10 Å². The number of Topliss-reactive ketones (excluding diaryl/α,β-unsaturated/α-hetero) is 1. The number of halogens is 2. The van der Waals surface area contributed by atoms with Crippen molar-refractivity contribution in [3.63, 3.8) is 0 Å². The van der Waals surface area contributed by atoms with Crippen LogP contribution in [0.25, 0.3) is 0 Å². The first-order chi connectivity index (χ1) is 7.56. The summed E-state index contributed by atoms with van der Waals surface area (Å²) in [5.41, 5.74) is 0.529. The first kappa shape index (κ1) is 11.1. The van der Waals surface area contributed by atoms with Crippen molar-refractivity contribution in [2.45, 2.75) is 31.4 Å². The molecule has 0 amide bonds. The molecule has 1 aromatic heterocycles. The lowest BCUT2D eigenvalue weighted by molar-refractivity contribution is -0.123. The summed E-state index contributed by atoms with van der Waals surface area (Å²) in [4.78, 5) is 11.3. The maximum absolute atomic E-state index is 12.5. The van der Waals surface area contributed by atoms with Gasteiger partial charge in [0.25, 0.3) is 6.43 Å². The van der Waals surface area contributed by atoms with E-state index in [1.165, 1.54) is 4.68 Å². The van der Waals surface area contributed by atoms with Crippen LogP contribution in [0.1, 0.15) is 24.6 Å².